The van der Waals surface area contributed by atoms with E-state index in [0.717, 1.165) is 39.5 Å². The molecule has 2 aliphatic heterocycles. The van der Waals surface area contributed by atoms with Crippen LogP contribution in [0.3, 0.4) is 0 Å². The molecule has 11 rings (SSSR count). The smallest absolute Gasteiger partial charge is 0.431 e. The fourth-order valence-corrected chi connectivity index (χ4v) is 10.5. The molecule has 8 aromatic carbocycles. The number of benzene rings is 8. The van der Waals surface area contributed by atoms with Gasteiger partial charge in [0.25, 0.3) is 0 Å². The van der Waals surface area contributed by atoms with Crippen molar-refractivity contribution >= 4 is 56.7 Å². The van der Waals surface area contributed by atoms with Gasteiger partial charge >= 0.3 is 6.92 Å². The number of hydrogen-bond acceptors (Lipinski definition) is 2. The van der Waals surface area contributed by atoms with E-state index in [1.807, 2.05) is 0 Å². The minimum atomic E-state index is -0.319. The Morgan fingerprint density at radius 2 is 1.07 bits per heavy atom. The van der Waals surface area contributed by atoms with Crippen LogP contribution in [0.15, 0.2) is 152 Å². The number of anilines is 3. The first-order chi connectivity index (χ1) is 28.2. The molecule has 3 heterocycles. The summed E-state index contributed by atoms with van der Waals surface area (Å²) in [6, 6.07) is 56.2. The third-order valence-corrected chi connectivity index (χ3v) is 12.5. The average Bonchev–Trinajstić information content (AvgIpc) is 3.55. The number of aromatic nitrogens is 1. The molecule has 0 radical (unpaired) electrons. The van der Waals surface area contributed by atoms with Crippen LogP contribution in [-0.2, 0) is 0 Å². The summed E-state index contributed by atoms with van der Waals surface area (Å²) >= 11 is 0. The lowest BCUT2D eigenvalue weighted by Crippen LogP contribution is -2.56. The van der Waals surface area contributed by atoms with E-state index in [-0.39, 0.29) is 6.92 Å². The topological polar surface area (TPSA) is 17.4 Å². The van der Waals surface area contributed by atoms with Gasteiger partial charge in [-0.15, -0.1) is 0 Å². The van der Waals surface area contributed by atoms with Gasteiger partial charge in [-0.2, -0.15) is 0 Å². The second kappa shape index (κ2) is 12.9. The molecule has 0 unspecified atom stereocenters. The lowest BCUT2D eigenvalue weighted by molar-refractivity contribution is 0.590. The monoisotopic (exact) mass is 746 g/mol. The van der Waals surface area contributed by atoms with E-state index in [0.29, 0.717) is 0 Å². The quantitative estimate of drug-likeness (QED) is 0.167. The number of fused-ring (bicyclic) bond motifs is 8. The van der Waals surface area contributed by atoms with Gasteiger partial charge in [0.05, 0.1) is 11.0 Å². The number of nitrogens with zero attached hydrogens (tertiary/aromatic N) is 2. The maximum absolute atomic E-state index is 7.27. The van der Waals surface area contributed by atoms with Crippen LogP contribution in [0.25, 0.3) is 60.9 Å². The summed E-state index contributed by atoms with van der Waals surface area (Å²) in [6.45, 7) is 13.0. The maximum Gasteiger partial charge on any atom is 0.431 e. The molecule has 0 spiro atoms. The molecule has 2 aliphatic rings. The first kappa shape index (κ1) is 34.5. The highest BCUT2D eigenvalue weighted by molar-refractivity contribution is 6.86. The zero-order valence-electron chi connectivity index (χ0n) is 33.8. The molecule has 3 nitrogen and oxygen atoms in total. The van der Waals surface area contributed by atoms with Crippen molar-refractivity contribution in [2.45, 2.75) is 41.5 Å². The van der Waals surface area contributed by atoms with Crippen molar-refractivity contribution in [3.05, 3.63) is 185 Å². The second-order valence-corrected chi connectivity index (χ2v) is 16.5. The van der Waals surface area contributed by atoms with Crippen LogP contribution in [0.1, 0.15) is 33.4 Å². The van der Waals surface area contributed by atoms with E-state index >= 15 is 0 Å². The van der Waals surface area contributed by atoms with E-state index < -0.39 is 0 Å². The van der Waals surface area contributed by atoms with E-state index in [9.17, 15) is 0 Å². The first-order valence-electron chi connectivity index (χ1n) is 20.4. The van der Waals surface area contributed by atoms with E-state index in [1.54, 1.807) is 0 Å². The predicted molar refractivity (Wildman–Crippen MR) is 246 cm³/mol. The molecule has 0 bridgehead atoms. The first-order valence-corrected chi connectivity index (χ1v) is 20.4. The lowest BCUT2D eigenvalue weighted by Gasteiger charge is -2.40. The fraction of sp³-hybridized carbons (Fsp3) is 0.111. The van der Waals surface area contributed by atoms with Gasteiger partial charge in [0.15, 0.2) is 0 Å². The third-order valence-electron chi connectivity index (χ3n) is 12.5. The van der Waals surface area contributed by atoms with Gasteiger partial charge < -0.3 is 14.1 Å². The maximum atomic E-state index is 7.27. The molecule has 0 saturated heterocycles. The van der Waals surface area contributed by atoms with Gasteiger partial charge in [-0.3, -0.25) is 0 Å². The van der Waals surface area contributed by atoms with Crippen molar-refractivity contribution in [3.8, 4) is 44.8 Å². The largest absolute Gasteiger partial charge is 0.551 e. The number of rotatable bonds is 4. The molecule has 0 N–H and O–H groups in total. The van der Waals surface area contributed by atoms with E-state index in [1.165, 1.54) is 88.5 Å². The Kier molecular flexibility index (Phi) is 7.65. The predicted octanol–water partition coefficient (Wildman–Crippen LogP) is 12.9. The van der Waals surface area contributed by atoms with Crippen LogP contribution in [0.4, 0.5) is 17.1 Å². The van der Waals surface area contributed by atoms with Crippen molar-refractivity contribution in [3.63, 3.8) is 0 Å². The summed E-state index contributed by atoms with van der Waals surface area (Å²) < 4.78 is 9.73. The van der Waals surface area contributed by atoms with Gasteiger partial charge in [-0.05, 0) is 140 Å². The fourth-order valence-electron chi connectivity index (χ4n) is 10.5. The van der Waals surface area contributed by atoms with Gasteiger partial charge in [0.2, 0.25) is 0 Å². The number of aryl methyl sites for hydroxylation is 6. The van der Waals surface area contributed by atoms with Gasteiger partial charge in [0, 0.05) is 50.1 Å². The third kappa shape index (κ3) is 5.07. The van der Waals surface area contributed by atoms with Gasteiger partial charge in [0.1, 0.15) is 5.75 Å². The normalized spacial score (nSPS) is 12.7. The molecule has 58 heavy (non-hydrogen) atoms. The van der Waals surface area contributed by atoms with E-state index in [4.69, 9.17) is 4.65 Å². The Morgan fingerprint density at radius 1 is 0.466 bits per heavy atom. The Morgan fingerprint density at radius 3 is 1.78 bits per heavy atom. The van der Waals surface area contributed by atoms with Crippen LogP contribution in [0.2, 0.25) is 0 Å². The molecular weight excluding hydrogens is 703 g/mol. The lowest BCUT2D eigenvalue weighted by atomic mass is 9.49. The number of hydrogen-bond donors (Lipinski definition) is 0. The SMILES string of the molecule is Cc1cc(C)c(-c2ccc(N3c4ccc(-c5c(C)cc(C)cc5C)cc4B4Oc5ccccc5-c5c4c3cc3c4ccccc4n(-c4ccccc4)c53)cc2)c(C)c1. The molecule has 0 fully saturated rings. The highest BCUT2D eigenvalue weighted by Gasteiger charge is 2.44. The molecule has 0 saturated carbocycles. The Hall–Kier alpha value is -6.78. The molecular formula is C54H43BN2O. The van der Waals surface area contributed by atoms with Crippen LogP contribution < -0.4 is 20.5 Å². The molecule has 0 atom stereocenters. The van der Waals surface area contributed by atoms with Crippen molar-refractivity contribution in [1.29, 1.82) is 0 Å². The summed E-state index contributed by atoms with van der Waals surface area (Å²) in [6.07, 6.45) is 0. The molecule has 9 aromatic rings. The molecule has 278 valence electrons. The highest BCUT2D eigenvalue weighted by atomic mass is 16.4. The standard InChI is InChI=1S/C54H43BN2O/c1-32-26-34(3)50(35(4)27-32)38-20-23-41(24-21-38)56-47-25-22-39(51-36(5)28-33(2)29-37(51)6)30-45(47)55-53-48(56)31-44-42-16-10-12-18-46(42)57(40-14-8-7-9-15-40)54(44)52(53)43-17-11-13-19-49(43)58-55/h7-31H,1-6H3. The minimum Gasteiger partial charge on any atom is -0.551 e. The van der Waals surface area contributed by atoms with Crippen molar-refractivity contribution in [1.82, 2.24) is 4.57 Å². The zero-order chi connectivity index (χ0) is 39.4. The Bertz CT molecular complexity index is 3110. The van der Waals surface area contributed by atoms with E-state index in [2.05, 4.69) is 203 Å². The Labute approximate surface area is 340 Å². The zero-order valence-corrected chi connectivity index (χ0v) is 33.8. The van der Waals surface area contributed by atoms with Crippen molar-refractivity contribution in [2.24, 2.45) is 0 Å². The van der Waals surface area contributed by atoms with Crippen LogP contribution >= 0.6 is 0 Å². The van der Waals surface area contributed by atoms with Crippen molar-refractivity contribution in [2.75, 3.05) is 4.90 Å². The van der Waals surface area contributed by atoms with Crippen molar-refractivity contribution < 1.29 is 4.65 Å². The summed E-state index contributed by atoms with van der Waals surface area (Å²) in [7, 11) is 0. The van der Waals surface area contributed by atoms with Crippen LogP contribution in [-0.4, -0.2) is 11.5 Å². The number of para-hydroxylation sites is 3. The minimum absolute atomic E-state index is 0.319. The average molecular weight is 747 g/mol. The Balaban J connectivity index is 1.24. The van der Waals surface area contributed by atoms with Crippen LogP contribution in [0, 0.1) is 41.5 Å². The molecule has 0 aliphatic carbocycles. The van der Waals surface area contributed by atoms with Gasteiger partial charge in [-0.25, -0.2) is 0 Å². The summed E-state index contributed by atoms with van der Waals surface area (Å²) in [5.41, 5.74) is 24.4. The molecule has 4 heteroatoms. The van der Waals surface area contributed by atoms with Gasteiger partial charge in [-0.1, -0.05) is 114 Å². The van der Waals surface area contributed by atoms with Crippen LogP contribution in [0.5, 0.6) is 5.75 Å². The summed E-state index contributed by atoms with van der Waals surface area (Å²) in [5, 5.41) is 2.45. The molecule has 1 aromatic heterocycles. The second-order valence-electron chi connectivity index (χ2n) is 16.5. The molecule has 0 amide bonds. The summed E-state index contributed by atoms with van der Waals surface area (Å²) in [5.74, 6) is 0.906. The summed E-state index contributed by atoms with van der Waals surface area (Å²) in [4.78, 5) is 2.49. The highest BCUT2D eigenvalue weighted by Crippen LogP contribution is 2.49.